The summed E-state index contributed by atoms with van der Waals surface area (Å²) in [6, 6.07) is 4.54. The van der Waals surface area contributed by atoms with Crippen LogP contribution in [-0.2, 0) is 14.4 Å². The van der Waals surface area contributed by atoms with Gasteiger partial charge in [0, 0.05) is 6.08 Å². The Bertz CT molecular complexity index is 513. The molecule has 1 aromatic carbocycles. The Hall–Kier alpha value is -2.77. The Labute approximate surface area is 114 Å². The zero-order chi connectivity index (χ0) is 15.0. The van der Waals surface area contributed by atoms with E-state index in [1.807, 2.05) is 0 Å². The molecule has 108 valence electrons. The summed E-state index contributed by atoms with van der Waals surface area (Å²) in [7, 11) is 1.41. The van der Waals surface area contributed by atoms with Crippen molar-refractivity contribution in [1.82, 2.24) is 0 Å². The lowest BCUT2D eigenvalue weighted by atomic mass is 10.2. The highest BCUT2D eigenvalue weighted by Gasteiger charge is 2.02. The number of phenolic OH excluding ortho intramolecular Hbond substituents is 1. The molecule has 1 rings (SSSR count). The molecule has 1 aromatic rings. The largest absolute Gasteiger partial charge is 0.504 e. The monoisotopic (exact) mass is 283 g/mol. The fourth-order valence-corrected chi connectivity index (χ4v) is 1.26. The van der Waals surface area contributed by atoms with Gasteiger partial charge < -0.3 is 19.4 Å². The molecule has 0 bridgehead atoms. The minimum atomic E-state index is -0.966. The lowest BCUT2D eigenvalue weighted by molar-refractivity contribution is -0.757. The van der Waals surface area contributed by atoms with Crippen molar-refractivity contribution in [3.05, 3.63) is 40.0 Å². The van der Waals surface area contributed by atoms with Gasteiger partial charge in [-0.25, -0.2) is 4.79 Å². The lowest BCUT2D eigenvalue weighted by Crippen LogP contribution is -2.11. The summed E-state index contributed by atoms with van der Waals surface area (Å²) in [6.45, 7) is -0.539. The number of esters is 1. The van der Waals surface area contributed by atoms with Crippen molar-refractivity contribution in [2.45, 2.75) is 0 Å². The fourth-order valence-electron chi connectivity index (χ4n) is 1.26. The van der Waals surface area contributed by atoms with Gasteiger partial charge in [-0.3, -0.25) is 0 Å². The first kappa shape index (κ1) is 15.3. The smallest absolute Gasteiger partial charge is 0.330 e. The van der Waals surface area contributed by atoms with Crippen molar-refractivity contribution >= 4 is 12.0 Å². The molecular formula is C12H13NO7. The number of phenols is 1. The molecule has 20 heavy (non-hydrogen) atoms. The molecule has 0 aromatic heterocycles. The third-order valence-electron chi connectivity index (χ3n) is 2.14. The van der Waals surface area contributed by atoms with Crippen LogP contribution in [0.4, 0.5) is 0 Å². The molecule has 8 nitrogen and oxygen atoms in total. The van der Waals surface area contributed by atoms with E-state index in [1.165, 1.54) is 25.3 Å². The number of methoxy groups -OCH3 is 1. The highest BCUT2D eigenvalue weighted by molar-refractivity contribution is 5.87. The molecule has 0 heterocycles. The van der Waals surface area contributed by atoms with Crippen molar-refractivity contribution in [1.29, 1.82) is 0 Å². The molecule has 0 saturated heterocycles. The molecule has 0 radical (unpaired) electrons. The van der Waals surface area contributed by atoms with Crippen LogP contribution in [0.25, 0.3) is 6.08 Å². The van der Waals surface area contributed by atoms with Crippen molar-refractivity contribution in [3.8, 4) is 11.5 Å². The molecule has 0 aliphatic rings. The van der Waals surface area contributed by atoms with Crippen molar-refractivity contribution in [2.75, 3.05) is 20.3 Å². The standard InChI is InChI=1S/C12H13NO7/c1-18-11-8-9(2-4-10(11)14)3-5-12(15)19-6-7-20-13(16)17/h2-5,8,14H,6-7H2,1H3. The van der Waals surface area contributed by atoms with Crippen molar-refractivity contribution in [3.63, 3.8) is 0 Å². The normalized spacial score (nSPS) is 10.2. The summed E-state index contributed by atoms with van der Waals surface area (Å²) in [5.41, 5.74) is 0.623. The van der Waals surface area contributed by atoms with Gasteiger partial charge in [0.25, 0.3) is 5.09 Å². The molecule has 1 N–H and O–H groups in total. The van der Waals surface area contributed by atoms with E-state index >= 15 is 0 Å². The van der Waals surface area contributed by atoms with Gasteiger partial charge in [-0.2, -0.15) is 0 Å². The number of carbonyl (C=O) groups excluding carboxylic acids is 1. The second-order valence-corrected chi connectivity index (χ2v) is 3.49. The molecule has 0 fully saturated rings. The second-order valence-electron chi connectivity index (χ2n) is 3.49. The minimum absolute atomic E-state index is 0.0100. The molecule has 0 spiro atoms. The van der Waals surface area contributed by atoms with Crippen LogP contribution >= 0.6 is 0 Å². The van der Waals surface area contributed by atoms with Crippen LogP contribution < -0.4 is 4.74 Å². The van der Waals surface area contributed by atoms with E-state index in [9.17, 15) is 20.0 Å². The summed E-state index contributed by atoms with van der Waals surface area (Å²) in [6.07, 6.45) is 2.61. The first-order valence-corrected chi connectivity index (χ1v) is 5.52. The average molecular weight is 283 g/mol. The summed E-state index contributed by atoms with van der Waals surface area (Å²) in [5.74, 6) is -0.395. The van der Waals surface area contributed by atoms with Gasteiger partial charge in [-0.05, 0) is 23.8 Å². The molecule has 0 amide bonds. The van der Waals surface area contributed by atoms with Crippen LogP contribution in [-0.4, -0.2) is 36.5 Å². The van der Waals surface area contributed by atoms with Crippen LogP contribution in [0.1, 0.15) is 5.56 Å². The highest BCUT2D eigenvalue weighted by Crippen LogP contribution is 2.26. The van der Waals surface area contributed by atoms with E-state index in [0.717, 1.165) is 6.08 Å². The van der Waals surface area contributed by atoms with Crippen LogP contribution in [0.15, 0.2) is 24.3 Å². The summed E-state index contributed by atoms with van der Waals surface area (Å²) >= 11 is 0. The zero-order valence-corrected chi connectivity index (χ0v) is 10.6. The average Bonchev–Trinajstić information content (AvgIpc) is 2.42. The van der Waals surface area contributed by atoms with Gasteiger partial charge >= 0.3 is 5.97 Å². The minimum Gasteiger partial charge on any atom is -0.504 e. The molecular weight excluding hydrogens is 270 g/mol. The van der Waals surface area contributed by atoms with Gasteiger partial charge in [-0.1, -0.05) is 6.07 Å². The number of nitrogens with zero attached hydrogens (tertiary/aromatic N) is 1. The third-order valence-corrected chi connectivity index (χ3v) is 2.14. The number of hydrogen-bond acceptors (Lipinski definition) is 7. The summed E-state index contributed by atoms with van der Waals surface area (Å²) in [5, 5.41) is 18.3. The molecule has 0 aliphatic carbocycles. The Morgan fingerprint density at radius 1 is 1.45 bits per heavy atom. The van der Waals surface area contributed by atoms with Crippen LogP contribution in [0, 0.1) is 10.1 Å². The van der Waals surface area contributed by atoms with E-state index < -0.39 is 11.1 Å². The van der Waals surface area contributed by atoms with E-state index in [4.69, 9.17) is 4.74 Å². The molecule has 0 aliphatic heterocycles. The van der Waals surface area contributed by atoms with Gasteiger partial charge in [0.2, 0.25) is 0 Å². The maximum Gasteiger partial charge on any atom is 0.330 e. The topological polar surface area (TPSA) is 108 Å². The van der Waals surface area contributed by atoms with Crippen molar-refractivity contribution in [2.24, 2.45) is 0 Å². The van der Waals surface area contributed by atoms with E-state index in [-0.39, 0.29) is 24.7 Å². The van der Waals surface area contributed by atoms with E-state index in [2.05, 4.69) is 9.57 Å². The number of carbonyl (C=O) groups is 1. The predicted octanol–water partition coefficient (Wildman–Crippen LogP) is 1.17. The Morgan fingerprint density at radius 3 is 2.85 bits per heavy atom. The summed E-state index contributed by atoms with van der Waals surface area (Å²) < 4.78 is 9.57. The lowest BCUT2D eigenvalue weighted by Gasteiger charge is -2.03. The SMILES string of the molecule is COc1cc(C=CC(=O)OCCO[N+](=O)[O-])ccc1O. The van der Waals surface area contributed by atoms with Gasteiger partial charge in [0.05, 0.1) is 7.11 Å². The first-order chi connectivity index (χ1) is 9.52. The van der Waals surface area contributed by atoms with Crippen LogP contribution in [0.2, 0.25) is 0 Å². The third kappa shape index (κ3) is 5.25. The highest BCUT2D eigenvalue weighted by atomic mass is 17.0. The summed E-state index contributed by atoms with van der Waals surface area (Å²) in [4.78, 5) is 25.1. The van der Waals surface area contributed by atoms with Gasteiger partial charge in [0.1, 0.15) is 13.2 Å². The fraction of sp³-hybridized carbons (Fsp3) is 0.250. The quantitative estimate of drug-likeness (QED) is 0.263. The molecule has 0 saturated carbocycles. The van der Waals surface area contributed by atoms with E-state index in [1.54, 1.807) is 6.07 Å². The second kappa shape index (κ2) is 7.62. The molecule has 0 unspecified atom stereocenters. The van der Waals surface area contributed by atoms with E-state index in [0.29, 0.717) is 5.56 Å². The Balaban J connectivity index is 2.46. The van der Waals surface area contributed by atoms with Gasteiger partial charge in [0.15, 0.2) is 11.5 Å². The van der Waals surface area contributed by atoms with Crippen LogP contribution in [0.3, 0.4) is 0 Å². The number of hydrogen-bond donors (Lipinski definition) is 1. The number of ether oxygens (including phenoxy) is 2. The number of rotatable bonds is 7. The van der Waals surface area contributed by atoms with Gasteiger partial charge in [-0.15, -0.1) is 10.1 Å². The first-order valence-electron chi connectivity index (χ1n) is 5.52. The molecule has 0 atom stereocenters. The Kier molecular flexibility index (Phi) is 5.82. The zero-order valence-electron chi connectivity index (χ0n) is 10.6. The predicted molar refractivity (Wildman–Crippen MR) is 67.6 cm³/mol. The number of benzene rings is 1. The Morgan fingerprint density at radius 2 is 2.20 bits per heavy atom. The van der Waals surface area contributed by atoms with Crippen molar-refractivity contribution < 1.29 is 29.3 Å². The molecule has 8 heteroatoms. The maximum absolute atomic E-state index is 11.3. The number of aromatic hydroxyl groups is 1. The maximum atomic E-state index is 11.3. The van der Waals surface area contributed by atoms with Crippen LogP contribution in [0.5, 0.6) is 11.5 Å².